The van der Waals surface area contributed by atoms with Crippen molar-refractivity contribution >= 4 is 40.2 Å². The molecule has 22 heavy (non-hydrogen) atoms. The molecule has 1 saturated heterocycles. The Labute approximate surface area is 143 Å². The van der Waals surface area contributed by atoms with E-state index in [9.17, 15) is 9.59 Å². The third kappa shape index (κ3) is 4.84. The van der Waals surface area contributed by atoms with Crippen LogP contribution in [0.3, 0.4) is 0 Å². The van der Waals surface area contributed by atoms with Crippen LogP contribution in [-0.4, -0.2) is 42.0 Å². The molecule has 1 atom stereocenters. The number of carbonyl (C=O) groups is 2. The van der Waals surface area contributed by atoms with Crippen LogP contribution in [0.15, 0.2) is 24.3 Å². The summed E-state index contributed by atoms with van der Waals surface area (Å²) in [6, 6.07) is 7.14. The predicted octanol–water partition coefficient (Wildman–Crippen LogP) is 1.75. The van der Waals surface area contributed by atoms with Crippen LogP contribution >= 0.6 is 22.6 Å². The molecule has 0 unspecified atom stereocenters. The number of hydrogen-bond donors (Lipinski definition) is 3. The summed E-state index contributed by atoms with van der Waals surface area (Å²) in [7, 11) is 0. The molecular weight excluding hydrogens is 395 g/mol. The van der Waals surface area contributed by atoms with E-state index in [2.05, 4.69) is 38.1 Å². The Morgan fingerprint density at radius 2 is 1.86 bits per heavy atom. The van der Waals surface area contributed by atoms with Crippen molar-refractivity contribution in [2.24, 2.45) is 5.73 Å². The van der Waals surface area contributed by atoms with E-state index in [0.29, 0.717) is 0 Å². The second-order valence-electron chi connectivity index (χ2n) is 5.49. The summed E-state index contributed by atoms with van der Waals surface area (Å²) in [5, 5.41) is 5.66. The highest BCUT2D eigenvalue weighted by atomic mass is 127. The molecule has 0 radical (unpaired) electrons. The molecule has 1 aromatic carbocycles. The number of nitrogens with two attached hydrogens (primary N) is 1. The van der Waals surface area contributed by atoms with Gasteiger partial charge in [-0.25, -0.2) is 4.79 Å². The van der Waals surface area contributed by atoms with E-state index < -0.39 is 6.03 Å². The van der Waals surface area contributed by atoms with Gasteiger partial charge in [-0.3, -0.25) is 9.69 Å². The molecule has 120 valence electrons. The van der Waals surface area contributed by atoms with Crippen LogP contribution in [-0.2, 0) is 4.79 Å². The molecule has 3 amide bonds. The average Bonchev–Trinajstić information content (AvgIpc) is 2.49. The highest BCUT2D eigenvalue weighted by molar-refractivity contribution is 14.1. The van der Waals surface area contributed by atoms with Gasteiger partial charge >= 0.3 is 6.03 Å². The van der Waals surface area contributed by atoms with Gasteiger partial charge in [0.1, 0.15) is 0 Å². The molecule has 4 N–H and O–H groups in total. The number of benzene rings is 1. The van der Waals surface area contributed by atoms with Gasteiger partial charge < -0.3 is 16.4 Å². The van der Waals surface area contributed by atoms with Gasteiger partial charge in [-0.1, -0.05) is 0 Å². The van der Waals surface area contributed by atoms with Gasteiger partial charge in [0.2, 0.25) is 5.91 Å². The summed E-state index contributed by atoms with van der Waals surface area (Å²) in [5.41, 5.74) is 5.94. The molecule has 0 bridgehead atoms. The van der Waals surface area contributed by atoms with Gasteiger partial charge in [0, 0.05) is 28.4 Å². The maximum Gasteiger partial charge on any atom is 0.312 e. The number of primary amides is 1. The Kier molecular flexibility index (Phi) is 6.01. The maximum atomic E-state index is 12.3. The van der Waals surface area contributed by atoms with E-state index in [1.807, 2.05) is 31.2 Å². The van der Waals surface area contributed by atoms with E-state index in [1.54, 1.807) is 0 Å². The van der Waals surface area contributed by atoms with Gasteiger partial charge in [-0.15, -0.1) is 0 Å². The van der Waals surface area contributed by atoms with E-state index in [1.165, 1.54) is 0 Å². The molecule has 0 aromatic heterocycles. The summed E-state index contributed by atoms with van der Waals surface area (Å²) in [6.07, 6.45) is 1.62. The molecule has 1 aliphatic rings. The van der Waals surface area contributed by atoms with Crippen molar-refractivity contribution in [3.05, 3.63) is 27.8 Å². The molecule has 0 saturated carbocycles. The van der Waals surface area contributed by atoms with Gasteiger partial charge in [-0.05, 0) is 66.6 Å². The topological polar surface area (TPSA) is 87.5 Å². The first kappa shape index (κ1) is 17.0. The van der Waals surface area contributed by atoms with E-state index in [4.69, 9.17) is 5.73 Å². The lowest BCUT2D eigenvalue weighted by Gasteiger charge is -2.35. The standard InChI is InChI=1S/C15H21IN4O2/c1-10(14(21)18-12-4-2-11(16)3-5-12)20-8-6-13(7-9-20)19-15(17)22/h2-5,10,13H,6-9H2,1H3,(H,18,21)(H3,17,19,22)/t10-/m0/s1. The summed E-state index contributed by atoms with van der Waals surface area (Å²) in [4.78, 5) is 25.3. The first-order valence-electron chi connectivity index (χ1n) is 7.32. The van der Waals surface area contributed by atoms with E-state index >= 15 is 0 Å². The van der Waals surface area contributed by atoms with Crippen LogP contribution < -0.4 is 16.4 Å². The van der Waals surface area contributed by atoms with Crippen molar-refractivity contribution in [3.63, 3.8) is 0 Å². The Hall–Kier alpha value is -1.35. The predicted molar refractivity (Wildman–Crippen MR) is 94.6 cm³/mol. The molecule has 6 nitrogen and oxygen atoms in total. The summed E-state index contributed by atoms with van der Waals surface area (Å²) in [5.74, 6) is -0.0116. The molecule has 0 aliphatic carbocycles. The largest absolute Gasteiger partial charge is 0.352 e. The minimum atomic E-state index is -0.483. The molecule has 1 fully saturated rings. The number of likely N-dealkylation sites (tertiary alicyclic amines) is 1. The van der Waals surface area contributed by atoms with Crippen LogP contribution in [0.1, 0.15) is 19.8 Å². The lowest BCUT2D eigenvalue weighted by atomic mass is 10.0. The zero-order chi connectivity index (χ0) is 16.1. The van der Waals surface area contributed by atoms with Gasteiger partial charge in [0.05, 0.1) is 6.04 Å². The highest BCUT2D eigenvalue weighted by Crippen LogP contribution is 2.16. The molecule has 1 heterocycles. The molecule has 1 aromatic rings. The SMILES string of the molecule is C[C@@H](C(=O)Nc1ccc(I)cc1)N1CCC(NC(N)=O)CC1. The average molecular weight is 416 g/mol. The Morgan fingerprint density at radius 3 is 2.41 bits per heavy atom. The van der Waals surface area contributed by atoms with Crippen molar-refractivity contribution in [1.82, 2.24) is 10.2 Å². The number of rotatable bonds is 4. The first-order chi connectivity index (χ1) is 10.5. The number of anilines is 1. The number of hydrogen-bond acceptors (Lipinski definition) is 3. The second-order valence-corrected chi connectivity index (χ2v) is 6.74. The minimum Gasteiger partial charge on any atom is -0.352 e. The Balaban J connectivity index is 1.84. The smallest absolute Gasteiger partial charge is 0.312 e. The second kappa shape index (κ2) is 7.77. The fourth-order valence-electron chi connectivity index (χ4n) is 2.58. The molecule has 2 rings (SSSR count). The lowest BCUT2D eigenvalue weighted by Crippen LogP contribution is -2.51. The fraction of sp³-hybridized carbons (Fsp3) is 0.467. The first-order valence-corrected chi connectivity index (χ1v) is 8.40. The van der Waals surface area contributed by atoms with Gasteiger partial charge in [0.15, 0.2) is 0 Å². The maximum absolute atomic E-state index is 12.3. The minimum absolute atomic E-state index is 0.0116. The quantitative estimate of drug-likeness (QED) is 0.654. The summed E-state index contributed by atoms with van der Waals surface area (Å²) < 4.78 is 1.13. The van der Waals surface area contributed by atoms with Gasteiger partial charge in [-0.2, -0.15) is 0 Å². The number of nitrogens with one attached hydrogen (secondary N) is 2. The molecule has 0 spiro atoms. The van der Waals surface area contributed by atoms with Crippen molar-refractivity contribution in [1.29, 1.82) is 0 Å². The number of piperidine rings is 1. The zero-order valence-electron chi connectivity index (χ0n) is 12.5. The monoisotopic (exact) mass is 416 g/mol. The number of carbonyl (C=O) groups excluding carboxylic acids is 2. The van der Waals surface area contributed by atoms with Crippen LogP contribution in [0, 0.1) is 3.57 Å². The zero-order valence-corrected chi connectivity index (χ0v) is 14.7. The van der Waals surface area contributed by atoms with Crippen molar-refractivity contribution < 1.29 is 9.59 Å². The van der Waals surface area contributed by atoms with Crippen LogP contribution in [0.4, 0.5) is 10.5 Å². The molecular formula is C15H21IN4O2. The number of nitrogens with zero attached hydrogens (tertiary/aromatic N) is 1. The highest BCUT2D eigenvalue weighted by Gasteiger charge is 2.26. The lowest BCUT2D eigenvalue weighted by molar-refractivity contribution is -0.121. The van der Waals surface area contributed by atoms with Crippen LogP contribution in [0.5, 0.6) is 0 Å². The Morgan fingerprint density at radius 1 is 1.27 bits per heavy atom. The normalized spacial score (nSPS) is 17.7. The van der Waals surface area contributed by atoms with Crippen molar-refractivity contribution in [2.75, 3.05) is 18.4 Å². The fourth-order valence-corrected chi connectivity index (χ4v) is 2.94. The Bertz CT molecular complexity index is 527. The summed E-state index contributed by atoms with van der Waals surface area (Å²) in [6.45, 7) is 3.45. The number of amides is 3. The van der Waals surface area contributed by atoms with Crippen molar-refractivity contribution in [2.45, 2.75) is 31.8 Å². The number of urea groups is 1. The van der Waals surface area contributed by atoms with Crippen LogP contribution in [0.25, 0.3) is 0 Å². The van der Waals surface area contributed by atoms with E-state index in [-0.39, 0.29) is 18.0 Å². The van der Waals surface area contributed by atoms with Gasteiger partial charge in [0.25, 0.3) is 0 Å². The van der Waals surface area contributed by atoms with Crippen LogP contribution in [0.2, 0.25) is 0 Å². The molecule has 7 heteroatoms. The summed E-state index contributed by atoms with van der Waals surface area (Å²) >= 11 is 2.23. The molecule has 1 aliphatic heterocycles. The van der Waals surface area contributed by atoms with E-state index in [0.717, 1.165) is 35.2 Å². The number of halogens is 1. The van der Waals surface area contributed by atoms with Crippen molar-refractivity contribution in [3.8, 4) is 0 Å². The third-order valence-electron chi connectivity index (χ3n) is 3.91. The third-order valence-corrected chi connectivity index (χ3v) is 4.63.